The lowest BCUT2D eigenvalue weighted by Gasteiger charge is -2.19. The van der Waals surface area contributed by atoms with E-state index in [1.165, 1.54) is 12.1 Å². The van der Waals surface area contributed by atoms with E-state index in [1.807, 2.05) is 13.8 Å². The van der Waals surface area contributed by atoms with Crippen LogP contribution in [0.2, 0.25) is 0 Å². The first-order valence-corrected chi connectivity index (χ1v) is 7.33. The van der Waals surface area contributed by atoms with E-state index in [-0.39, 0.29) is 23.7 Å². The molecular formula is C16H24FNO3. The molecule has 1 rings (SSSR count). The van der Waals surface area contributed by atoms with Gasteiger partial charge in [-0.15, -0.1) is 0 Å². The molecule has 5 heteroatoms. The highest BCUT2D eigenvalue weighted by molar-refractivity contribution is 5.72. The van der Waals surface area contributed by atoms with Crippen LogP contribution >= 0.6 is 0 Å². The third-order valence-electron chi connectivity index (χ3n) is 3.28. The third-order valence-corrected chi connectivity index (χ3v) is 3.28. The predicted molar refractivity (Wildman–Crippen MR) is 79.8 cm³/mol. The summed E-state index contributed by atoms with van der Waals surface area (Å²) in [6.07, 6.45) is 0.803. The van der Waals surface area contributed by atoms with Gasteiger partial charge in [-0.1, -0.05) is 6.92 Å². The normalized spacial score (nSPS) is 13.5. The number of halogens is 1. The van der Waals surface area contributed by atoms with Crippen LogP contribution in [0.15, 0.2) is 24.3 Å². The van der Waals surface area contributed by atoms with Crippen LogP contribution in [0, 0.1) is 11.7 Å². The van der Waals surface area contributed by atoms with E-state index in [4.69, 9.17) is 9.47 Å². The maximum Gasteiger partial charge on any atom is 0.310 e. The highest BCUT2D eigenvalue weighted by atomic mass is 19.1. The van der Waals surface area contributed by atoms with Crippen molar-refractivity contribution in [3.05, 3.63) is 30.1 Å². The number of hydrogen-bond donors (Lipinski definition) is 1. The predicted octanol–water partition coefficient (Wildman–Crippen LogP) is 2.77. The van der Waals surface area contributed by atoms with Gasteiger partial charge in [0.15, 0.2) is 0 Å². The van der Waals surface area contributed by atoms with Crippen LogP contribution in [-0.2, 0) is 9.53 Å². The lowest BCUT2D eigenvalue weighted by atomic mass is 10.0. The van der Waals surface area contributed by atoms with Gasteiger partial charge in [-0.2, -0.15) is 0 Å². The second kappa shape index (κ2) is 9.34. The van der Waals surface area contributed by atoms with E-state index >= 15 is 0 Å². The SMILES string of the molecule is CCOC(=O)C(C)C(C)NCCCOc1ccc(F)cc1. The summed E-state index contributed by atoms with van der Waals surface area (Å²) in [5.74, 6) is 0.0261. The Morgan fingerprint density at radius 2 is 1.95 bits per heavy atom. The fraction of sp³-hybridized carbons (Fsp3) is 0.562. The topological polar surface area (TPSA) is 47.6 Å². The number of nitrogens with one attached hydrogen (secondary N) is 1. The Morgan fingerprint density at radius 1 is 1.29 bits per heavy atom. The molecule has 1 aromatic rings. The molecule has 21 heavy (non-hydrogen) atoms. The summed E-state index contributed by atoms with van der Waals surface area (Å²) in [7, 11) is 0. The molecule has 0 amide bonds. The van der Waals surface area contributed by atoms with E-state index in [9.17, 15) is 9.18 Å². The molecule has 0 spiro atoms. The molecule has 0 fully saturated rings. The molecule has 0 aliphatic heterocycles. The summed E-state index contributed by atoms with van der Waals surface area (Å²) in [5, 5.41) is 3.28. The van der Waals surface area contributed by atoms with Crippen molar-refractivity contribution in [1.29, 1.82) is 0 Å². The first-order chi connectivity index (χ1) is 10.0. The van der Waals surface area contributed by atoms with Gasteiger partial charge in [0.05, 0.1) is 19.1 Å². The smallest absolute Gasteiger partial charge is 0.310 e. The zero-order chi connectivity index (χ0) is 15.7. The Kier molecular flexibility index (Phi) is 7.75. The Morgan fingerprint density at radius 3 is 2.57 bits per heavy atom. The molecule has 0 radical (unpaired) electrons. The maximum absolute atomic E-state index is 12.7. The van der Waals surface area contributed by atoms with E-state index < -0.39 is 0 Å². The van der Waals surface area contributed by atoms with Gasteiger partial charge >= 0.3 is 5.97 Å². The number of carbonyl (C=O) groups is 1. The van der Waals surface area contributed by atoms with Crippen LogP contribution in [0.25, 0.3) is 0 Å². The Hall–Kier alpha value is -1.62. The zero-order valence-corrected chi connectivity index (χ0v) is 12.9. The summed E-state index contributed by atoms with van der Waals surface area (Å²) < 4.78 is 23.2. The van der Waals surface area contributed by atoms with Crippen LogP contribution in [0.5, 0.6) is 5.75 Å². The number of benzene rings is 1. The minimum absolute atomic E-state index is 0.0508. The van der Waals surface area contributed by atoms with Crippen LogP contribution in [-0.4, -0.2) is 31.8 Å². The van der Waals surface area contributed by atoms with Crippen molar-refractivity contribution in [3.8, 4) is 5.75 Å². The van der Waals surface area contributed by atoms with Crippen molar-refractivity contribution in [1.82, 2.24) is 5.32 Å². The van der Waals surface area contributed by atoms with E-state index in [0.29, 0.717) is 19.0 Å². The Balaban J connectivity index is 2.15. The Labute approximate surface area is 125 Å². The Bertz CT molecular complexity index is 422. The second-order valence-electron chi connectivity index (χ2n) is 4.94. The highest BCUT2D eigenvalue weighted by Gasteiger charge is 2.20. The van der Waals surface area contributed by atoms with Gasteiger partial charge in [0.25, 0.3) is 0 Å². The summed E-state index contributed by atoms with van der Waals surface area (Å²) >= 11 is 0. The van der Waals surface area contributed by atoms with Crippen molar-refractivity contribution in [2.45, 2.75) is 33.2 Å². The largest absolute Gasteiger partial charge is 0.494 e. The fourth-order valence-corrected chi connectivity index (χ4v) is 1.78. The lowest BCUT2D eigenvalue weighted by molar-refractivity contribution is -0.148. The van der Waals surface area contributed by atoms with Crippen molar-refractivity contribution in [3.63, 3.8) is 0 Å². The minimum Gasteiger partial charge on any atom is -0.494 e. The molecule has 4 nitrogen and oxygen atoms in total. The molecule has 0 aromatic heterocycles. The van der Waals surface area contributed by atoms with E-state index in [0.717, 1.165) is 13.0 Å². The molecule has 0 bridgehead atoms. The quantitative estimate of drug-likeness (QED) is 0.562. The molecule has 2 unspecified atom stereocenters. The number of ether oxygens (including phenoxy) is 2. The minimum atomic E-state index is -0.272. The standard InChI is InChI=1S/C16H24FNO3/c1-4-20-16(19)12(2)13(3)18-10-5-11-21-15-8-6-14(17)7-9-15/h6-9,12-13,18H,4-5,10-11H2,1-3H3. The van der Waals surface area contributed by atoms with Gasteiger partial charge in [0, 0.05) is 6.04 Å². The molecule has 0 heterocycles. The number of rotatable bonds is 9. The van der Waals surface area contributed by atoms with Crippen molar-refractivity contribution in [2.24, 2.45) is 5.92 Å². The molecule has 1 N–H and O–H groups in total. The average molecular weight is 297 g/mol. The lowest BCUT2D eigenvalue weighted by Crippen LogP contribution is -2.37. The van der Waals surface area contributed by atoms with Crippen LogP contribution in [0.1, 0.15) is 27.2 Å². The summed E-state index contributed by atoms with van der Waals surface area (Å²) in [5.41, 5.74) is 0. The van der Waals surface area contributed by atoms with Gasteiger partial charge in [-0.05, 0) is 51.1 Å². The maximum atomic E-state index is 12.7. The molecule has 1 aromatic carbocycles. The summed E-state index contributed by atoms with van der Waals surface area (Å²) in [4.78, 5) is 11.6. The molecule has 2 atom stereocenters. The van der Waals surface area contributed by atoms with Gasteiger partial charge < -0.3 is 14.8 Å². The van der Waals surface area contributed by atoms with Crippen molar-refractivity contribution in [2.75, 3.05) is 19.8 Å². The van der Waals surface area contributed by atoms with Gasteiger partial charge in [0.2, 0.25) is 0 Å². The number of hydrogen-bond acceptors (Lipinski definition) is 4. The monoisotopic (exact) mass is 297 g/mol. The van der Waals surface area contributed by atoms with Crippen LogP contribution in [0.4, 0.5) is 4.39 Å². The van der Waals surface area contributed by atoms with Gasteiger partial charge in [-0.3, -0.25) is 4.79 Å². The van der Waals surface area contributed by atoms with Gasteiger partial charge in [-0.25, -0.2) is 4.39 Å². The fourth-order valence-electron chi connectivity index (χ4n) is 1.78. The average Bonchev–Trinajstić information content (AvgIpc) is 2.48. The molecular weight excluding hydrogens is 273 g/mol. The molecule has 0 aliphatic carbocycles. The van der Waals surface area contributed by atoms with E-state index in [2.05, 4.69) is 5.32 Å². The second-order valence-corrected chi connectivity index (χ2v) is 4.94. The molecule has 0 aliphatic rings. The van der Waals surface area contributed by atoms with Gasteiger partial charge in [0.1, 0.15) is 11.6 Å². The third kappa shape index (κ3) is 6.58. The number of esters is 1. The highest BCUT2D eigenvalue weighted by Crippen LogP contribution is 2.11. The van der Waals surface area contributed by atoms with Crippen molar-refractivity contribution < 1.29 is 18.7 Å². The van der Waals surface area contributed by atoms with Crippen molar-refractivity contribution >= 4 is 5.97 Å². The first-order valence-electron chi connectivity index (χ1n) is 7.33. The van der Waals surface area contributed by atoms with Crippen LogP contribution < -0.4 is 10.1 Å². The molecule has 0 saturated carbocycles. The molecule has 0 saturated heterocycles. The zero-order valence-electron chi connectivity index (χ0n) is 12.9. The molecule has 118 valence electrons. The van der Waals surface area contributed by atoms with Crippen LogP contribution in [0.3, 0.4) is 0 Å². The summed E-state index contributed by atoms with van der Waals surface area (Å²) in [6.45, 7) is 7.30. The number of carbonyl (C=O) groups excluding carboxylic acids is 1. The van der Waals surface area contributed by atoms with E-state index in [1.54, 1.807) is 19.1 Å². The first kappa shape index (κ1) is 17.4. The summed E-state index contributed by atoms with van der Waals surface area (Å²) in [6, 6.07) is 6.00.